The normalized spacial score (nSPS) is 12.4. The molecule has 1 saturated carbocycles. The molecule has 0 bridgehead atoms. The van der Waals surface area contributed by atoms with Crippen LogP contribution in [0.5, 0.6) is 0 Å². The number of hydrogen-bond acceptors (Lipinski definition) is 0. The van der Waals surface area contributed by atoms with Gasteiger partial charge in [0.25, 0.3) is 0 Å². The van der Waals surface area contributed by atoms with Gasteiger partial charge in [-0.15, -0.1) is 0 Å². The van der Waals surface area contributed by atoms with Gasteiger partial charge in [0.2, 0.25) is 0 Å². The zero-order chi connectivity index (χ0) is 92.3. The minimum absolute atomic E-state index is 0. The van der Waals surface area contributed by atoms with Crippen molar-refractivity contribution in [1.29, 1.82) is 0 Å². The van der Waals surface area contributed by atoms with E-state index < -0.39 is 111 Å². The second-order valence-corrected chi connectivity index (χ2v) is 31.4. The third kappa shape index (κ3) is 26.0. The van der Waals surface area contributed by atoms with Crippen LogP contribution in [0.25, 0.3) is 77.9 Å². The first-order valence-electron chi connectivity index (χ1n) is 40.1. The number of aryl methyl sites for hydroxylation is 14. The van der Waals surface area contributed by atoms with E-state index in [4.69, 9.17) is 0 Å². The Hall–Kier alpha value is -12.3. The van der Waals surface area contributed by atoms with Gasteiger partial charge in [0.05, 0.1) is 0 Å². The zero-order valence-electron chi connectivity index (χ0n) is 72.0. The van der Waals surface area contributed by atoms with Crippen LogP contribution in [0.1, 0.15) is 125 Å². The Balaban J connectivity index is 0.000000198. The van der Waals surface area contributed by atoms with Crippen molar-refractivity contribution in [3.05, 3.63) is 413 Å². The maximum Gasteiger partial charge on any atom is 0.167 e. The average molecular weight is 1750 g/mol. The molecule has 0 amide bonds. The van der Waals surface area contributed by atoms with Gasteiger partial charge in [0, 0.05) is 50.1 Å². The van der Waals surface area contributed by atoms with E-state index in [1.165, 1.54) is 163 Å². The highest BCUT2D eigenvalue weighted by Crippen LogP contribution is 2.36. The number of hydrogen-bond donors (Lipinski definition) is 0. The van der Waals surface area contributed by atoms with Crippen LogP contribution in [0.3, 0.4) is 0 Å². The molecule has 0 nitrogen and oxygen atoms in total. The lowest BCUT2D eigenvalue weighted by Crippen LogP contribution is -2.08. The molecule has 0 spiro atoms. The van der Waals surface area contributed by atoms with E-state index in [0.717, 1.165) is 34.1 Å². The van der Waals surface area contributed by atoms with Crippen LogP contribution in [0.15, 0.2) is 224 Å². The van der Waals surface area contributed by atoms with E-state index in [9.17, 15) is 83.4 Å². The Morgan fingerprint density at radius 3 is 0.532 bits per heavy atom. The van der Waals surface area contributed by atoms with Gasteiger partial charge in [-0.1, -0.05) is 252 Å². The van der Waals surface area contributed by atoms with Gasteiger partial charge in [-0.05, 0) is 234 Å². The summed E-state index contributed by atoms with van der Waals surface area (Å²) in [6.45, 7) is 27.5. The second-order valence-electron chi connectivity index (χ2n) is 31.4. The van der Waals surface area contributed by atoms with Crippen molar-refractivity contribution in [2.45, 2.75) is 144 Å². The molecule has 14 aromatic rings. The van der Waals surface area contributed by atoms with E-state index in [1.807, 2.05) is 38.1 Å². The number of rotatable bonds is 7. The fourth-order valence-electron chi connectivity index (χ4n) is 12.9. The Morgan fingerprint density at radius 1 is 0.159 bits per heavy atom. The summed E-state index contributed by atoms with van der Waals surface area (Å²) in [6, 6.07) is 57.4. The van der Waals surface area contributed by atoms with Crippen molar-refractivity contribution in [2.24, 2.45) is 11.8 Å². The molecule has 0 atom stereocenters. The molecule has 15 rings (SSSR count). The molecule has 0 aliphatic heterocycles. The Morgan fingerprint density at radius 2 is 0.325 bits per heavy atom. The first kappa shape index (κ1) is 101. The topological polar surface area (TPSA) is 0 Å². The average Bonchev–Trinajstić information content (AvgIpc) is 0.809. The van der Waals surface area contributed by atoms with E-state index in [0.29, 0.717) is 66.8 Å². The first-order valence-corrected chi connectivity index (χ1v) is 40.1. The van der Waals surface area contributed by atoms with Crippen molar-refractivity contribution in [3.8, 4) is 77.9 Å². The van der Waals surface area contributed by atoms with Crippen molar-refractivity contribution in [3.63, 3.8) is 0 Å². The van der Waals surface area contributed by atoms with Crippen LogP contribution in [0.2, 0.25) is 0 Å². The highest BCUT2D eigenvalue weighted by molar-refractivity contribution is 5.71. The molecule has 0 N–H and O–H groups in total. The lowest BCUT2D eigenvalue weighted by molar-refractivity contribution is 0.308. The lowest BCUT2D eigenvalue weighted by atomic mass is 9.84. The summed E-state index contributed by atoms with van der Waals surface area (Å²) >= 11 is 0. The molecule has 1 aliphatic carbocycles. The van der Waals surface area contributed by atoms with Crippen LogP contribution in [-0.4, -0.2) is 0 Å². The molecule has 126 heavy (non-hydrogen) atoms. The van der Waals surface area contributed by atoms with Gasteiger partial charge in [-0.3, -0.25) is 0 Å². The molecule has 0 radical (unpaired) electrons. The fourth-order valence-corrected chi connectivity index (χ4v) is 12.9. The van der Waals surface area contributed by atoms with Crippen LogP contribution in [0, 0.1) is 219 Å². The Bertz CT molecular complexity index is 5660. The summed E-state index contributed by atoms with van der Waals surface area (Å²) in [5, 5.41) is 0. The third-order valence-corrected chi connectivity index (χ3v) is 21.2. The smallest absolute Gasteiger partial charge is 0.167 e. The van der Waals surface area contributed by atoms with Crippen LogP contribution >= 0.6 is 0 Å². The van der Waals surface area contributed by atoms with Gasteiger partial charge >= 0.3 is 0 Å². The van der Waals surface area contributed by atoms with Crippen LogP contribution in [-0.2, 0) is 0 Å². The molecule has 1 fully saturated rings. The lowest BCUT2D eigenvalue weighted by Gasteiger charge is -2.22. The summed E-state index contributed by atoms with van der Waals surface area (Å²) < 4.78 is 257. The van der Waals surface area contributed by atoms with Gasteiger partial charge in [-0.25, -0.2) is 83.4 Å². The van der Waals surface area contributed by atoms with Crippen LogP contribution < -0.4 is 0 Å². The largest absolute Gasteiger partial charge is 0.207 e. The number of halogens is 19. The summed E-state index contributed by atoms with van der Waals surface area (Å²) in [6.07, 6.45) is 5.89. The summed E-state index contributed by atoms with van der Waals surface area (Å²) in [5.41, 5.74) is 10.2. The first-order chi connectivity index (χ1) is 59.0. The van der Waals surface area contributed by atoms with Crippen molar-refractivity contribution < 1.29 is 83.4 Å². The summed E-state index contributed by atoms with van der Waals surface area (Å²) in [5.74, 6) is -12.8. The second kappa shape index (κ2) is 45.6. The quantitative estimate of drug-likeness (QED) is 0.140. The Labute approximate surface area is 726 Å². The van der Waals surface area contributed by atoms with Crippen LogP contribution in [0.4, 0.5) is 83.4 Å². The Kier molecular flexibility index (Phi) is 36.5. The predicted octanol–water partition coefficient (Wildman–Crippen LogP) is 33.9. The highest BCUT2D eigenvalue weighted by Gasteiger charge is 2.22. The monoisotopic (exact) mass is 1740 g/mol. The summed E-state index contributed by atoms with van der Waals surface area (Å²) in [7, 11) is 0. The molecular weight excluding hydrogens is 1650 g/mol. The minimum Gasteiger partial charge on any atom is -0.207 e. The molecule has 14 aromatic carbocycles. The predicted molar refractivity (Wildman–Crippen MR) is 472 cm³/mol. The SMILES string of the molecule is C.CC1CCC(C)CC1.Cc1ccc(-c2ccc(C)c(F)c2F)c(F)c1.Cc1ccc(-c2ccc(C)c(F)c2F)c(F)c1.Cc1ccc(-c2ccc(C)c(F)c2F)cc1.Cc1ccc(-c2ccc(C)c(F)c2F)cc1.Cc1ccc(-c2ccc(C)c(F)c2F)cc1F.Cc1ccc(-c2ccc(C)c(F)c2F)cc1F.Cc1ccc(-c2ccc(C)c(F)c2F)cc1F. The van der Waals surface area contributed by atoms with Gasteiger partial charge in [-0.2, -0.15) is 0 Å². The van der Waals surface area contributed by atoms with Crippen molar-refractivity contribution in [2.75, 3.05) is 0 Å². The van der Waals surface area contributed by atoms with Gasteiger partial charge in [0.15, 0.2) is 81.4 Å². The van der Waals surface area contributed by atoms with E-state index in [2.05, 4.69) is 13.8 Å². The van der Waals surface area contributed by atoms with Gasteiger partial charge < -0.3 is 0 Å². The van der Waals surface area contributed by atoms with Crippen molar-refractivity contribution in [1.82, 2.24) is 0 Å². The molecule has 0 unspecified atom stereocenters. The maximum atomic E-state index is 13.7. The molecule has 0 heterocycles. The number of benzene rings is 14. The zero-order valence-corrected chi connectivity index (χ0v) is 72.0. The summed E-state index contributed by atoms with van der Waals surface area (Å²) in [4.78, 5) is 0. The highest BCUT2D eigenvalue weighted by atomic mass is 19.2. The molecule has 0 aromatic heterocycles. The van der Waals surface area contributed by atoms with E-state index in [1.54, 1.807) is 146 Å². The fraction of sp³-hybridized carbons (Fsp3) is 0.215. The minimum atomic E-state index is -1.01. The van der Waals surface area contributed by atoms with E-state index in [-0.39, 0.29) is 74.2 Å². The molecule has 1 aliphatic rings. The molecule has 660 valence electrons. The van der Waals surface area contributed by atoms with Gasteiger partial charge in [0.1, 0.15) is 29.1 Å². The molecular formula is C107H99F19. The molecule has 19 heteroatoms. The standard InChI is InChI=1S/5C14H11F3.2C14H12F2.C8H16.CH4/c3*1-8-3-5-10(7-12(8)15)11-6-4-9(2)13(16)14(11)17;2*1-8-3-5-10(12(15)7-8)11-6-4-9(2)13(16)14(11)17;2*1-9-3-6-11(7-4-9)12-8-5-10(2)13(15)14(12)16;1-7-3-5-8(2)6-4-7;/h5*3-7H,1-2H3;2*3-8H,1-2H3;7-8H,3-6H2,1-2H3;1H4. The van der Waals surface area contributed by atoms with Crippen molar-refractivity contribution >= 4 is 0 Å². The van der Waals surface area contributed by atoms with E-state index >= 15 is 0 Å². The molecule has 0 saturated heterocycles. The third-order valence-electron chi connectivity index (χ3n) is 21.2. The maximum absolute atomic E-state index is 13.7.